The molecule has 3 nitrogen and oxygen atoms in total. The van der Waals surface area contributed by atoms with E-state index in [9.17, 15) is 8.42 Å². The molecule has 1 aromatic rings. The van der Waals surface area contributed by atoms with E-state index < -0.39 is 23.6 Å². The van der Waals surface area contributed by atoms with Crippen molar-refractivity contribution < 1.29 is 15.3 Å². The van der Waals surface area contributed by atoms with Gasteiger partial charge in [0.15, 0.2) is 0 Å². The normalized spacial score (nSPS) is 16.1. The fourth-order valence-corrected chi connectivity index (χ4v) is 1.61. The second-order valence-electron chi connectivity index (χ2n) is 2.53. The number of hydrogen-bond acceptors (Lipinski definition) is 3. The average molecular weight is 202 g/mol. The van der Waals surface area contributed by atoms with Crippen molar-refractivity contribution in [2.24, 2.45) is 0 Å². The van der Waals surface area contributed by atoms with Gasteiger partial charge in [-0.3, -0.25) is 4.18 Å². The van der Waals surface area contributed by atoms with Crippen LogP contribution >= 0.6 is 0 Å². The molecule has 0 amide bonds. The Morgan fingerprint density at radius 3 is 2.62 bits per heavy atom. The minimum atomic E-state index is -3.90. The molecule has 0 aromatic heterocycles. The van der Waals surface area contributed by atoms with E-state index in [4.69, 9.17) is 2.74 Å². The standard InChI is InChI=1S/C9H12O3S/c1-3-12-13(10,11)9-6-4-8(2)5-7-9/h4-7H,3H2,1-2H3/i1D,3D. The largest absolute Gasteiger partial charge is 0.296 e. The van der Waals surface area contributed by atoms with E-state index in [1.54, 1.807) is 12.1 Å². The molecule has 13 heavy (non-hydrogen) atoms. The molecule has 0 saturated carbocycles. The SMILES string of the molecule is [2H]CC([2H])OS(=O)(=O)c1ccc(C)cc1. The van der Waals surface area contributed by atoms with Gasteiger partial charge in [-0.25, -0.2) is 0 Å². The van der Waals surface area contributed by atoms with Crippen molar-refractivity contribution in [2.45, 2.75) is 18.7 Å². The molecule has 1 aromatic carbocycles. The van der Waals surface area contributed by atoms with Gasteiger partial charge in [0.1, 0.15) is 0 Å². The molecule has 0 aliphatic carbocycles. The van der Waals surface area contributed by atoms with Gasteiger partial charge in [0.05, 0.1) is 12.8 Å². The summed E-state index contributed by atoms with van der Waals surface area (Å²) in [7, 11) is -3.90. The minimum absolute atomic E-state index is 0.0128. The topological polar surface area (TPSA) is 43.4 Å². The predicted octanol–water partition coefficient (Wildman–Crippen LogP) is 1.72. The summed E-state index contributed by atoms with van der Waals surface area (Å²) in [6.07, 6.45) is 0. The lowest BCUT2D eigenvalue weighted by Gasteiger charge is -2.02. The lowest BCUT2D eigenvalue weighted by molar-refractivity contribution is 0.338. The van der Waals surface area contributed by atoms with Crippen molar-refractivity contribution >= 4 is 10.1 Å². The first-order valence-electron chi connectivity index (χ1n) is 4.95. The third-order valence-corrected chi connectivity index (χ3v) is 2.74. The highest BCUT2D eigenvalue weighted by Gasteiger charge is 2.12. The second-order valence-corrected chi connectivity index (χ2v) is 4.10. The number of benzene rings is 1. The highest BCUT2D eigenvalue weighted by atomic mass is 32.2. The molecule has 0 bridgehead atoms. The van der Waals surface area contributed by atoms with Gasteiger partial charge >= 0.3 is 0 Å². The van der Waals surface area contributed by atoms with Crippen molar-refractivity contribution in [3.63, 3.8) is 0 Å². The van der Waals surface area contributed by atoms with Crippen LogP contribution in [0.3, 0.4) is 0 Å². The van der Waals surface area contributed by atoms with Crippen molar-refractivity contribution in [1.82, 2.24) is 0 Å². The Morgan fingerprint density at radius 1 is 1.46 bits per heavy atom. The first-order chi connectivity index (χ1) is 6.95. The van der Waals surface area contributed by atoms with Crippen LogP contribution in [0, 0.1) is 6.92 Å². The summed E-state index contributed by atoms with van der Waals surface area (Å²) >= 11 is 0. The molecular weight excluding hydrogens is 188 g/mol. The molecule has 4 heteroatoms. The molecule has 0 aliphatic heterocycles. The zero-order chi connectivity index (χ0) is 11.5. The lowest BCUT2D eigenvalue weighted by atomic mass is 10.2. The van der Waals surface area contributed by atoms with Crippen molar-refractivity contribution in [2.75, 3.05) is 6.58 Å². The summed E-state index contributed by atoms with van der Waals surface area (Å²) in [6, 6.07) is 6.13. The van der Waals surface area contributed by atoms with E-state index in [1.807, 2.05) is 6.92 Å². The molecule has 1 atom stereocenters. The quantitative estimate of drug-likeness (QED) is 0.701. The Kier molecular flexibility index (Phi) is 2.25. The van der Waals surface area contributed by atoms with Gasteiger partial charge in [0.25, 0.3) is 10.1 Å². The summed E-state index contributed by atoms with van der Waals surface area (Å²) in [6.45, 7) is 0.0655. The Hall–Kier alpha value is -0.870. The molecule has 0 saturated heterocycles. The Morgan fingerprint density at radius 2 is 2.08 bits per heavy atom. The third kappa shape index (κ3) is 2.54. The Balaban J connectivity index is 2.91. The van der Waals surface area contributed by atoms with Crippen molar-refractivity contribution in [1.29, 1.82) is 0 Å². The third-order valence-electron chi connectivity index (χ3n) is 1.50. The number of hydrogen-bond donors (Lipinski definition) is 0. The molecule has 0 radical (unpaired) electrons. The van der Waals surface area contributed by atoms with E-state index in [2.05, 4.69) is 4.18 Å². The molecular formula is C9H12O3S. The maximum absolute atomic E-state index is 11.5. The summed E-state index contributed by atoms with van der Waals surface area (Å²) in [5.41, 5.74) is 0.942. The summed E-state index contributed by atoms with van der Waals surface area (Å²) < 4.78 is 41.3. The molecule has 0 heterocycles. The molecule has 1 unspecified atom stereocenters. The maximum atomic E-state index is 11.5. The van der Waals surface area contributed by atoms with Crippen LogP contribution < -0.4 is 0 Å². The van der Waals surface area contributed by atoms with Crippen LogP contribution in [0.1, 0.15) is 15.2 Å². The van der Waals surface area contributed by atoms with Crippen molar-refractivity contribution in [3.8, 4) is 0 Å². The minimum Gasteiger partial charge on any atom is -0.267 e. The van der Waals surface area contributed by atoms with Crippen LogP contribution in [0.4, 0.5) is 0 Å². The van der Waals surface area contributed by atoms with E-state index in [1.165, 1.54) is 12.1 Å². The first-order valence-corrected chi connectivity index (χ1v) is 5.08. The smallest absolute Gasteiger partial charge is 0.267 e. The van der Waals surface area contributed by atoms with E-state index >= 15 is 0 Å². The molecule has 0 spiro atoms. The fourth-order valence-electron chi connectivity index (χ4n) is 0.850. The zero-order valence-corrected chi connectivity index (χ0v) is 8.04. The van der Waals surface area contributed by atoms with Crippen LogP contribution in [0.2, 0.25) is 0 Å². The van der Waals surface area contributed by atoms with Gasteiger partial charge in [-0.05, 0) is 26.0 Å². The maximum Gasteiger partial charge on any atom is 0.296 e. The Labute approximate surface area is 81.3 Å². The average Bonchev–Trinajstić information content (AvgIpc) is 2.17. The van der Waals surface area contributed by atoms with E-state index in [0.717, 1.165) is 5.56 Å². The monoisotopic (exact) mass is 202 g/mol. The zero-order valence-electron chi connectivity index (χ0n) is 9.23. The number of rotatable bonds is 3. The molecule has 1 rings (SSSR count). The highest BCUT2D eigenvalue weighted by Crippen LogP contribution is 2.12. The fraction of sp³-hybridized carbons (Fsp3) is 0.333. The lowest BCUT2D eigenvalue weighted by Crippen LogP contribution is -2.05. The van der Waals surface area contributed by atoms with Crippen LogP contribution in [0.5, 0.6) is 0 Å². The van der Waals surface area contributed by atoms with Gasteiger partial charge in [0, 0.05) is 1.37 Å². The van der Waals surface area contributed by atoms with E-state index in [-0.39, 0.29) is 4.90 Å². The van der Waals surface area contributed by atoms with Gasteiger partial charge in [-0.15, -0.1) is 0 Å². The van der Waals surface area contributed by atoms with Gasteiger partial charge < -0.3 is 0 Å². The summed E-state index contributed by atoms with van der Waals surface area (Å²) in [4.78, 5) is 0.0128. The van der Waals surface area contributed by atoms with Gasteiger partial charge in [-0.2, -0.15) is 8.42 Å². The number of aryl methyl sites for hydroxylation is 1. The molecule has 72 valence electrons. The second kappa shape index (κ2) is 3.89. The Bertz CT molecular complexity index is 413. The summed E-state index contributed by atoms with van der Waals surface area (Å²) in [5, 5.41) is 0. The first kappa shape index (κ1) is 7.53. The molecule has 0 N–H and O–H groups in total. The van der Waals surface area contributed by atoms with Crippen LogP contribution in [0.15, 0.2) is 29.2 Å². The highest BCUT2D eigenvalue weighted by molar-refractivity contribution is 7.86. The summed E-state index contributed by atoms with van der Waals surface area (Å²) in [5.74, 6) is 0. The van der Waals surface area contributed by atoms with Crippen molar-refractivity contribution in [3.05, 3.63) is 29.8 Å². The van der Waals surface area contributed by atoms with Gasteiger partial charge in [-0.1, -0.05) is 17.7 Å². The van der Waals surface area contributed by atoms with Crippen LogP contribution in [-0.4, -0.2) is 15.0 Å². The molecule has 0 fully saturated rings. The molecule has 0 aliphatic rings. The van der Waals surface area contributed by atoms with E-state index in [0.29, 0.717) is 0 Å². The van der Waals surface area contributed by atoms with Gasteiger partial charge in [0.2, 0.25) is 0 Å². The van der Waals surface area contributed by atoms with Crippen LogP contribution in [-0.2, 0) is 14.3 Å². The predicted molar refractivity (Wildman–Crippen MR) is 50.0 cm³/mol. The van der Waals surface area contributed by atoms with Crippen LogP contribution in [0.25, 0.3) is 0 Å².